The van der Waals surface area contributed by atoms with Crippen molar-refractivity contribution in [1.29, 1.82) is 0 Å². The van der Waals surface area contributed by atoms with E-state index >= 15 is 0 Å². The molecule has 1 aliphatic carbocycles. The van der Waals surface area contributed by atoms with Crippen molar-refractivity contribution in [3.63, 3.8) is 0 Å². The van der Waals surface area contributed by atoms with Crippen LogP contribution < -0.4 is 14.5 Å². The SMILES string of the molecule is Cc1ccc(N2C[C@@H](C(=O)Oc3ccc(N4C(=O)[C@H]5CC=CC[C@H]5C4=O)cc3)CC2=O)c(C)c1. The van der Waals surface area contributed by atoms with Crippen molar-refractivity contribution in [2.45, 2.75) is 33.1 Å². The summed E-state index contributed by atoms with van der Waals surface area (Å²) >= 11 is 0. The van der Waals surface area contributed by atoms with Gasteiger partial charge in [-0.15, -0.1) is 0 Å². The molecule has 5 rings (SSSR count). The molecule has 3 aliphatic rings. The van der Waals surface area contributed by atoms with E-state index in [4.69, 9.17) is 4.74 Å². The maximum atomic E-state index is 12.8. The highest BCUT2D eigenvalue weighted by molar-refractivity contribution is 6.22. The topological polar surface area (TPSA) is 84.0 Å². The van der Waals surface area contributed by atoms with E-state index in [1.807, 2.05) is 44.2 Å². The number of anilines is 2. The molecule has 0 radical (unpaired) electrons. The van der Waals surface area contributed by atoms with Gasteiger partial charge >= 0.3 is 5.97 Å². The van der Waals surface area contributed by atoms with Crippen molar-refractivity contribution in [2.24, 2.45) is 17.8 Å². The molecule has 0 bridgehead atoms. The maximum Gasteiger partial charge on any atom is 0.316 e. The van der Waals surface area contributed by atoms with Gasteiger partial charge in [-0.2, -0.15) is 0 Å². The van der Waals surface area contributed by atoms with Gasteiger partial charge in [0.15, 0.2) is 0 Å². The van der Waals surface area contributed by atoms with E-state index in [0.29, 0.717) is 24.3 Å². The van der Waals surface area contributed by atoms with Crippen LogP contribution in [0.3, 0.4) is 0 Å². The molecule has 0 saturated carbocycles. The fourth-order valence-corrected chi connectivity index (χ4v) is 5.12. The first-order valence-corrected chi connectivity index (χ1v) is 11.6. The van der Waals surface area contributed by atoms with E-state index < -0.39 is 11.9 Å². The van der Waals surface area contributed by atoms with Crippen molar-refractivity contribution in [2.75, 3.05) is 16.3 Å². The van der Waals surface area contributed by atoms with Crippen LogP contribution in [0.2, 0.25) is 0 Å². The third-order valence-corrected chi connectivity index (χ3v) is 6.92. The minimum absolute atomic E-state index is 0.0951. The summed E-state index contributed by atoms with van der Waals surface area (Å²) in [5.74, 6) is -1.79. The highest BCUT2D eigenvalue weighted by atomic mass is 16.5. The van der Waals surface area contributed by atoms with Crippen molar-refractivity contribution in [3.05, 3.63) is 65.7 Å². The summed E-state index contributed by atoms with van der Waals surface area (Å²) in [5, 5.41) is 0. The summed E-state index contributed by atoms with van der Waals surface area (Å²) in [6.07, 6.45) is 5.17. The minimum atomic E-state index is -0.565. The zero-order chi connectivity index (χ0) is 24.0. The first kappa shape index (κ1) is 22.1. The lowest BCUT2D eigenvalue weighted by Gasteiger charge is -2.19. The van der Waals surface area contributed by atoms with Crippen LogP contribution in [0, 0.1) is 31.6 Å². The van der Waals surface area contributed by atoms with Crippen molar-refractivity contribution in [3.8, 4) is 5.75 Å². The van der Waals surface area contributed by atoms with Crippen molar-refractivity contribution < 1.29 is 23.9 Å². The maximum absolute atomic E-state index is 12.8. The molecule has 34 heavy (non-hydrogen) atoms. The van der Waals surface area contributed by atoms with Crippen LogP contribution >= 0.6 is 0 Å². The number of esters is 1. The van der Waals surface area contributed by atoms with E-state index in [1.165, 1.54) is 4.90 Å². The summed E-state index contributed by atoms with van der Waals surface area (Å²) in [4.78, 5) is 53.7. The largest absolute Gasteiger partial charge is 0.426 e. The van der Waals surface area contributed by atoms with Crippen LogP contribution in [-0.2, 0) is 19.2 Å². The first-order valence-electron chi connectivity index (χ1n) is 11.6. The van der Waals surface area contributed by atoms with Crippen molar-refractivity contribution in [1.82, 2.24) is 0 Å². The van der Waals surface area contributed by atoms with Gasteiger partial charge in [-0.3, -0.25) is 24.1 Å². The molecule has 174 valence electrons. The predicted octanol–water partition coefficient (Wildman–Crippen LogP) is 3.72. The number of amides is 3. The molecule has 2 aliphatic heterocycles. The van der Waals surface area contributed by atoms with Gasteiger partial charge in [0.25, 0.3) is 0 Å². The van der Waals surface area contributed by atoms with E-state index in [-0.39, 0.29) is 42.5 Å². The van der Waals surface area contributed by atoms with Gasteiger partial charge in [0.05, 0.1) is 23.4 Å². The number of hydrogen-bond acceptors (Lipinski definition) is 5. The molecule has 2 saturated heterocycles. The van der Waals surface area contributed by atoms with Crippen LogP contribution in [0.5, 0.6) is 5.75 Å². The Labute approximate surface area is 198 Å². The summed E-state index contributed by atoms with van der Waals surface area (Å²) in [6.45, 7) is 4.21. The molecule has 7 nitrogen and oxygen atoms in total. The number of ether oxygens (including phenoxy) is 1. The van der Waals surface area contributed by atoms with Gasteiger partial charge in [-0.05, 0) is 62.6 Å². The fourth-order valence-electron chi connectivity index (χ4n) is 5.12. The van der Waals surface area contributed by atoms with E-state index in [2.05, 4.69) is 0 Å². The van der Waals surface area contributed by atoms with Gasteiger partial charge in [-0.1, -0.05) is 29.8 Å². The number of aryl methyl sites for hydroxylation is 2. The number of hydrogen-bond donors (Lipinski definition) is 0. The lowest BCUT2D eigenvalue weighted by molar-refractivity contribution is -0.139. The first-order chi connectivity index (χ1) is 16.3. The molecule has 2 aromatic rings. The second-order valence-corrected chi connectivity index (χ2v) is 9.28. The van der Waals surface area contributed by atoms with Crippen LogP contribution in [0.15, 0.2) is 54.6 Å². The number of rotatable bonds is 4. The van der Waals surface area contributed by atoms with Crippen LogP contribution in [0.4, 0.5) is 11.4 Å². The monoisotopic (exact) mass is 458 g/mol. The summed E-state index contributed by atoms with van der Waals surface area (Å²) in [6, 6.07) is 12.2. The molecule has 0 N–H and O–H groups in total. The number of nitrogens with zero attached hydrogens (tertiary/aromatic N) is 2. The summed E-state index contributed by atoms with van der Waals surface area (Å²) in [5.41, 5.74) is 3.38. The Bertz CT molecular complexity index is 1190. The second-order valence-electron chi connectivity index (χ2n) is 9.28. The number of carbonyl (C=O) groups is 4. The zero-order valence-corrected chi connectivity index (χ0v) is 19.2. The van der Waals surface area contributed by atoms with Gasteiger partial charge < -0.3 is 9.64 Å². The molecule has 3 atom stereocenters. The highest BCUT2D eigenvalue weighted by Crippen LogP contribution is 2.38. The standard InChI is InChI=1S/C27H26N2O5/c1-16-7-12-23(17(2)13-16)28-15-18(14-24(28)30)27(33)34-20-10-8-19(9-11-20)29-25(31)21-5-3-4-6-22(21)26(29)32/h3-4,7-13,18,21-22H,5-6,14-15H2,1-2H3/t18-,21-,22+/m0/s1. The van der Waals surface area contributed by atoms with E-state index in [1.54, 1.807) is 29.2 Å². The molecule has 0 aromatic heterocycles. The fraction of sp³-hybridized carbons (Fsp3) is 0.333. The van der Waals surface area contributed by atoms with E-state index in [0.717, 1.165) is 16.8 Å². The Balaban J connectivity index is 1.25. The number of imide groups is 1. The van der Waals surface area contributed by atoms with Crippen molar-refractivity contribution >= 4 is 35.1 Å². The number of fused-ring (bicyclic) bond motifs is 1. The molecule has 0 spiro atoms. The average molecular weight is 459 g/mol. The van der Waals surface area contributed by atoms with Gasteiger partial charge in [0.1, 0.15) is 5.75 Å². The normalized spacial score (nSPS) is 24.1. The third-order valence-electron chi connectivity index (χ3n) is 6.92. The number of benzene rings is 2. The Hall–Kier alpha value is -3.74. The van der Waals surface area contributed by atoms with E-state index in [9.17, 15) is 19.2 Å². The van der Waals surface area contributed by atoms with Crippen LogP contribution in [0.25, 0.3) is 0 Å². The number of allylic oxidation sites excluding steroid dienone is 2. The van der Waals surface area contributed by atoms with Gasteiger partial charge in [0.2, 0.25) is 17.7 Å². The summed E-state index contributed by atoms with van der Waals surface area (Å²) in [7, 11) is 0. The Morgan fingerprint density at radius 2 is 1.56 bits per heavy atom. The third kappa shape index (κ3) is 3.81. The second kappa shape index (κ2) is 8.56. The smallest absolute Gasteiger partial charge is 0.316 e. The molecule has 7 heteroatoms. The molecule has 2 aromatic carbocycles. The Kier molecular flexibility index (Phi) is 5.55. The minimum Gasteiger partial charge on any atom is -0.426 e. The molecular weight excluding hydrogens is 432 g/mol. The average Bonchev–Trinajstić information content (AvgIpc) is 3.32. The lowest BCUT2D eigenvalue weighted by atomic mass is 9.85. The molecule has 2 heterocycles. The number of carbonyl (C=O) groups excluding carboxylic acids is 4. The Morgan fingerprint density at radius 1 is 0.912 bits per heavy atom. The van der Waals surface area contributed by atoms with Crippen LogP contribution in [0.1, 0.15) is 30.4 Å². The predicted molar refractivity (Wildman–Crippen MR) is 126 cm³/mol. The molecule has 0 unspecified atom stereocenters. The summed E-state index contributed by atoms with van der Waals surface area (Å²) < 4.78 is 5.53. The quantitative estimate of drug-likeness (QED) is 0.302. The molecule has 3 amide bonds. The van der Waals surface area contributed by atoms with Gasteiger partial charge in [0, 0.05) is 18.7 Å². The van der Waals surface area contributed by atoms with Crippen LogP contribution in [-0.4, -0.2) is 30.2 Å². The highest BCUT2D eigenvalue weighted by Gasteiger charge is 2.47. The van der Waals surface area contributed by atoms with Gasteiger partial charge in [-0.25, -0.2) is 0 Å². The zero-order valence-electron chi connectivity index (χ0n) is 19.2. The molecular formula is C27H26N2O5. The lowest BCUT2D eigenvalue weighted by Crippen LogP contribution is -2.30. The Morgan fingerprint density at radius 3 is 2.18 bits per heavy atom. The molecule has 2 fully saturated rings.